The van der Waals surface area contributed by atoms with E-state index in [4.69, 9.17) is 0 Å². The number of hydrogen-bond acceptors (Lipinski definition) is 6. The van der Waals surface area contributed by atoms with Crippen molar-refractivity contribution < 1.29 is 19.2 Å². The number of hydrazine groups is 1. The van der Waals surface area contributed by atoms with E-state index in [0.29, 0.717) is 22.8 Å². The van der Waals surface area contributed by atoms with Crippen LogP contribution in [0.15, 0.2) is 48.5 Å². The Kier molecular flexibility index (Phi) is 6.84. The van der Waals surface area contributed by atoms with Crippen LogP contribution >= 0.6 is 0 Å². The van der Waals surface area contributed by atoms with Crippen molar-refractivity contribution in [3.63, 3.8) is 0 Å². The van der Waals surface area contributed by atoms with E-state index in [1.165, 1.54) is 4.90 Å². The lowest BCUT2D eigenvalue weighted by atomic mass is 9.87. The topological polar surface area (TPSA) is 124 Å². The summed E-state index contributed by atoms with van der Waals surface area (Å²) in [5.41, 5.74) is 2.51. The summed E-state index contributed by atoms with van der Waals surface area (Å²) in [5, 5.41) is 6.05. The molecule has 2 aromatic rings. The maximum atomic E-state index is 13.0. The number of nitrogens with zero attached hydrogens (tertiary/aromatic N) is 3. The molecule has 10 nitrogen and oxygen atoms in total. The molecule has 0 aliphatic carbocycles. The summed E-state index contributed by atoms with van der Waals surface area (Å²) < 4.78 is 0. The van der Waals surface area contributed by atoms with Gasteiger partial charge in [0, 0.05) is 5.69 Å². The Bertz CT molecular complexity index is 1030. The molecule has 2 heterocycles. The van der Waals surface area contributed by atoms with Crippen LogP contribution in [0.5, 0.6) is 0 Å². The van der Waals surface area contributed by atoms with E-state index in [0.717, 1.165) is 5.69 Å². The van der Waals surface area contributed by atoms with Crippen LogP contribution in [0.25, 0.3) is 0 Å². The fraction of sp³-hybridized carbons (Fsp3) is 0.318. The lowest BCUT2D eigenvalue weighted by Crippen LogP contribution is -2.51. The number of anilines is 1. The number of carbonyl (C=O) groups is 4. The van der Waals surface area contributed by atoms with Gasteiger partial charge in [-0.15, -0.1) is 0 Å². The Hall–Kier alpha value is -3.79. The molecule has 0 bridgehead atoms. The molecule has 168 valence electrons. The van der Waals surface area contributed by atoms with E-state index < -0.39 is 23.4 Å². The van der Waals surface area contributed by atoms with E-state index >= 15 is 0 Å². The fourth-order valence-electron chi connectivity index (χ4n) is 3.54. The number of amides is 5. The first-order valence-corrected chi connectivity index (χ1v) is 10.2. The average molecular weight is 438 g/mol. The van der Waals surface area contributed by atoms with Gasteiger partial charge < -0.3 is 10.6 Å². The molecule has 1 saturated heterocycles. The molecule has 1 aliphatic rings. The largest absolute Gasteiger partial charge is 0.344 e. The maximum absolute atomic E-state index is 13.0. The third-order valence-electron chi connectivity index (χ3n) is 5.11. The zero-order valence-electron chi connectivity index (χ0n) is 18.2. The Morgan fingerprint density at radius 3 is 2.41 bits per heavy atom. The minimum absolute atomic E-state index is 0.0773. The Morgan fingerprint density at radius 1 is 1.06 bits per heavy atom. The summed E-state index contributed by atoms with van der Waals surface area (Å²) in [6.07, 6.45) is 0.320. The number of carbonyl (C=O) groups excluding carboxylic acids is 4. The summed E-state index contributed by atoms with van der Waals surface area (Å²) in [4.78, 5) is 55.8. The summed E-state index contributed by atoms with van der Waals surface area (Å²) in [6.45, 7) is 3.32. The van der Waals surface area contributed by atoms with Crippen molar-refractivity contribution in [1.82, 2.24) is 25.6 Å². The van der Waals surface area contributed by atoms with Crippen molar-refractivity contribution in [3.05, 3.63) is 59.8 Å². The molecule has 1 fully saturated rings. The third kappa shape index (κ3) is 4.92. The number of aromatic nitrogens is 1. The Labute approximate surface area is 186 Å². The SMILES string of the molecule is CCC1(c2ccccc2)NC(=O)N(NC(=O)CN(C)CC(=O)Nc2cccc(C)n2)C1=O. The zero-order chi connectivity index (χ0) is 23.3. The predicted octanol–water partition coefficient (Wildman–Crippen LogP) is 1.15. The van der Waals surface area contributed by atoms with E-state index in [9.17, 15) is 19.2 Å². The average Bonchev–Trinajstić information content (AvgIpc) is 2.99. The van der Waals surface area contributed by atoms with Gasteiger partial charge in [-0.1, -0.05) is 43.3 Å². The molecular weight excluding hydrogens is 412 g/mol. The lowest BCUT2D eigenvalue weighted by molar-refractivity contribution is -0.140. The third-order valence-corrected chi connectivity index (χ3v) is 5.11. The van der Waals surface area contributed by atoms with Crippen molar-refractivity contribution in [3.8, 4) is 0 Å². The van der Waals surface area contributed by atoms with Crippen molar-refractivity contribution in [2.75, 3.05) is 25.5 Å². The highest BCUT2D eigenvalue weighted by atomic mass is 16.2. The molecule has 5 amide bonds. The van der Waals surface area contributed by atoms with Gasteiger partial charge in [0.05, 0.1) is 13.1 Å². The molecule has 3 rings (SSSR count). The highest BCUT2D eigenvalue weighted by molar-refractivity contribution is 6.08. The van der Waals surface area contributed by atoms with Crippen LogP contribution in [0.4, 0.5) is 10.6 Å². The van der Waals surface area contributed by atoms with E-state index in [-0.39, 0.29) is 19.0 Å². The Morgan fingerprint density at radius 2 is 1.75 bits per heavy atom. The number of nitrogens with one attached hydrogen (secondary N) is 3. The van der Waals surface area contributed by atoms with Gasteiger partial charge >= 0.3 is 6.03 Å². The van der Waals surface area contributed by atoms with Crippen LogP contribution < -0.4 is 16.1 Å². The number of hydrogen-bond donors (Lipinski definition) is 3. The number of imide groups is 1. The van der Waals surface area contributed by atoms with Crippen molar-refractivity contribution in [2.45, 2.75) is 25.8 Å². The molecule has 1 aromatic heterocycles. The van der Waals surface area contributed by atoms with Crippen LogP contribution in [0, 0.1) is 6.92 Å². The van der Waals surface area contributed by atoms with Crippen LogP contribution in [0.1, 0.15) is 24.6 Å². The molecule has 1 aromatic carbocycles. The molecule has 32 heavy (non-hydrogen) atoms. The van der Waals surface area contributed by atoms with Gasteiger partial charge in [-0.2, -0.15) is 5.01 Å². The summed E-state index contributed by atoms with van der Waals surface area (Å²) in [6, 6.07) is 13.4. The summed E-state index contributed by atoms with van der Waals surface area (Å²) in [5.74, 6) is -1.08. The maximum Gasteiger partial charge on any atom is 0.344 e. The number of urea groups is 1. The normalized spacial score (nSPS) is 17.9. The second-order valence-electron chi connectivity index (χ2n) is 7.62. The van der Waals surface area contributed by atoms with Crippen LogP contribution in [0.2, 0.25) is 0 Å². The molecule has 0 spiro atoms. The minimum Gasteiger partial charge on any atom is -0.318 e. The molecule has 1 unspecified atom stereocenters. The molecule has 3 N–H and O–H groups in total. The van der Waals surface area contributed by atoms with Crippen LogP contribution in [-0.2, 0) is 19.9 Å². The van der Waals surface area contributed by atoms with Gasteiger partial charge in [-0.05, 0) is 38.1 Å². The van der Waals surface area contributed by atoms with Crippen molar-refractivity contribution >= 4 is 29.6 Å². The minimum atomic E-state index is -1.24. The first-order valence-electron chi connectivity index (χ1n) is 10.2. The number of pyridine rings is 1. The smallest absolute Gasteiger partial charge is 0.318 e. The highest BCUT2D eigenvalue weighted by Gasteiger charge is 2.52. The number of benzene rings is 1. The second kappa shape index (κ2) is 9.56. The molecule has 0 saturated carbocycles. The number of aryl methyl sites for hydroxylation is 1. The summed E-state index contributed by atoms with van der Waals surface area (Å²) >= 11 is 0. The standard InChI is InChI=1S/C22H26N6O4/c1-4-22(16-10-6-5-7-11-16)20(31)28(21(32)25-22)26-19(30)14-27(3)13-18(29)24-17-12-8-9-15(2)23-17/h5-12H,4,13-14H2,1-3H3,(H,25,32)(H,26,30)(H,23,24,29). The predicted molar refractivity (Wildman–Crippen MR) is 117 cm³/mol. The molecule has 10 heteroatoms. The molecule has 0 radical (unpaired) electrons. The van der Waals surface area contributed by atoms with Crippen molar-refractivity contribution in [1.29, 1.82) is 0 Å². The fourth-order valence-corrected chi connectivity index (χ4v) is 3.54. The van der Waals surface area contributed by atoms with Crippen LogP contribution in [-0.4, -0.2) is 58.8 Å². The first kappa shape index (κ1) is 22.9. The Balaban J connectivity index is 1.57. The van der Waals surface area contributed by atoms with Gasteiger partial charge in [0.25, 0.3) is 11.8 Å². The summed E-state index contributed by atoms with van der Waals surface area (Å²) in [7, 11) is 1.58. The van der Waals surface area contributed by atoms with E-state index in [1.807, 2.05) is 19.1 Å². The number of rotatable bonds is 8. The zero-order valence-corrected chi connectivity index (χ0v) is 18.2. The van der Waals surface area contributed by atoms with Gasteiger partial charge in [0.2, 0.25) is 5.91 Å². The van der Waals surface area contributed by atoms with Gasteiger partial charge in [0.1, 0.15) is 11.4 Å². The van der Waals surface area contributed by atoms with Gasteiger partial charge in [0.15, 0.2) is 0 Å². The lowest BCUT2D eigenvalue weighted by Gasteiger charge is -2.25. The monoisotopic (exact) mass is 438 g/mol. The van der Waals surface area contributed by atoms with E-state index in [2.05, 4.69) is 21.0 Å². The molecular formula is C22H26N6O4. The van der Waals surface area contributed by atoms with E-state index in [1.54, 1.807) is 50.4 Å². The van der Waals surface area contributed by atoms with Gasteiger partial charge in [-0.25, -0.2) is 9.78 Å². The molecule has 1 aliphatic heterocycles. The highest BCUT2D eigenvalue weighted by Crippen LogP contribution is 2.31. The van der Waals surface area contributed by atoms with Crippen molar-refractivity contribution in [2.24, 2.45) is 0 Å². The van der Waals surface area contributed by atoms with Crippen LogP contribution in [0.3, 0.4) is 0 Å². The quantitative estimate of drug-likeness (QED) is 0.531. The first-order chi connectivity index (χ1) is 15.2. The molecule has 1 atom stereocenters. The second-order valence-corrected chi connectivity index (χ2v) is 7.62. The number of likely N-dealkylation sites (N-methyl/N-ethyl adjacent to an activating group) is 1. The van der Waals surface area contributed by atoms with Gasteiger partial charge in [-0.3, -0.25) is 24.7 Å².